The maximum Gasteiger partial charge on any atom is 0.283 e. The minimum Gasteiger partial charge on any atom is -0.490 e. The number of thioether (sulfide) groups is 1. The van der Waals surface area contributed by atoms with Crippen LogP contribution in [-0.2, 0) is 11.3 Å². The van der Waals surface area contributed by atoms with Gasteiger partial charge in [0, 0.05) is 17.5 Å². The van der Waals surface area contributed by atoms with Crippen LogP contribution in [0.2, 0.25) is 5.02 Å². The summed E-state index contributed by atoms with van der Waals surface area (Å²) < 4.78 is 7.73. The van der Waals surface area contributed by atoms with E-state index in [4.69, 9.17) is 21.7 Å². The molecule has 7 nitrogen and oxygen atoms in total. The van der Waals surface area contributed by atoms with Crippen molar-refractivity contribution in [3.05, 3.63) is 94.3 Å². The number of amides is 1. The fourth-order valence-electron chi connectivity index (χ4n) is 3.61. The van der Waals surface area contributed by atoms with Crippen molar-refractivity contribution in [1.29, 1.82) is 5.41 Å². The Balaban J connectivity index is 1.34. The predicted molar refractivity (Wildman–Crippen MR) is 137 cm³/mol. The van der Waals surface area contributed by atoms with E-state index in [0.29, 0.717) is 34.1 Å². The highest BCUT2D eigenvalue weighted by Crippen LogP contribution is 2.31. The number of amidine groups is 2. The third-order valence-corrected chi connectivity index (χ3v) is 6.57. The molecule has 1 N–H and O–H groups in total. The minimum atomic E-state index is -0.454. The van der Waals surface area contributed by atoms with E-state index in [9.17, 15) is 4.79 Å². The number of para-hydroxylation sites is 1. The number of halogens is 1. The zero-order valence-electron chi connectivity index (χ0n) is 18.2. The van der Waals surface area contributed by atoms with Gasteiger partial charge in [-0.05, 0) is 55.1 Å². The first-order chi connectivity index (χ1) is 16.5. The third-order valence-electron chi connectivity index (χ3n) is 5.30. The van der Waals surface area contributed by atoms with Gasteiger partial charge in [0.1, 0.15) is 17.4 Å². The van der Waals surface area contributed by atoms with Crippen molar-refractivity contribution in [3.8, 4) is 5.75 Å². The molecule has 3 aromatic rings. The molecular formula is C25H20ClN5O2S. The monoisotopic (exact) mass is 489 g/mol. The lowest BCUT2D eigenvalue weighted by Gasteiger charge is -2.20. The summed E-state index contributed by atoms with van der Waals surface area (Å²) in [5.74, 6) is 0.172. The summed E-state index contributed by atoms with van der Waals surface area (Å²) in [6.45, 7) is 2.95. The Morgan fingerprint density at radius 1 is 1.15 bits per heavy atom. The van der Waals surface area contributed by atoms with Crippen LogP contribution in [0.1, 0.15) is 16.8 Å². The quantitative estimate of drug-likeness (QED) is 0.482. The van der Waals surface area contributed by atoms with Crippen LogP contribution in [0.4, 0.5) is 0 Å². The van der Waals surface area contributed by atoms with Gasteiger partial charge >= 0.3 is 0 Å². The molecule has 2 aliphatic rings. The van der Waals surface area contributed by atoms with Crippen LogP contribution >= 0.6 is 23.4 Å². The zero-order valence-corrected chi connectivity index (χ0v) is 19.8. The number of rotatable bonds is 6. The van der Waals surface area contributed by atoms with E-state index in [0.717, 1.165) is 16.8 Å². The molecule has 1 aromatic heterocycles. The highest BCUT2D eigenvalue weighted by molar-refractivity contribution is 8.27. The van der Waals surface area contributed by atoms with Gasteiger partial charge in [-0.1, -0.05) is 47.5 Å². The van der Waals surface area contributed by atoms with E-state index in [-0.39, 0.29) is 11.4 Å². The minimum absolute atomic E-state index is 0.00483. The number of nitrogens with one attached hydrogen (secondary N) is 1. The molecule has 170 valence electrons. The summed E-state index contributed by atoms with van der Waals surface area (Å²) in [6.07, 6.45) is 3.57. The van der Waals surface area contributed by atoms with E-state index < -0.39 is 5.91 Å². The van der Waals surface area contributed by atoms with Gasteiger partial charge < -0.3 is 9.30 Å². The van der Waals surface area contributed by atoms with E-state index in [2.05, 4.69) is 10.1 Å². The zero-order chi connectivity index (χ0) is 23.7. The van der Waals surface area contributed by atoms with Crippen molar-refractivity contribution in [2.24, 2.45) is 10.1 Å². The summed E-state index contributed by atoms with van der Waals surface area (Å²) in [4.78, 5) is 17.0. The fraction of sp³-hybridized carbons (Fsp3) is 0.120. The summed E-state index contributed by atoms with van der Waals surface area (Å²) in [7, 11) is 0. The highest BCUT2D eigenvalue weighted by Gasteiger charge is 2.36. The molecule has 34 heavy (non-hydrogen) atoms. The first kappa shape index (κ1) is 22.2. The van der Waals surface area contributed by atoms with Crippen molar-refractivity contribution in [1.82, 2.24) is 9.58 Å². The lowest BCUT2D eigenvalue weighted by atomic mass is 10.1. The number of hydrogen-bond acceptors (Lipinski definition) is 5. The van der Waals surface area contributed by atoms with Gasteiger partial charge in [0.2, 0.25) is 5.17 Å². The summed E-state index contributed by atoms with van der Waals surface area (Å²) in [5, 5.41) is 16.3. The number of aromatic nitrogens is 1. The van der Waals surface area contributed by atoms with Crippen LogP contribution in [0, 0.1) is 12.3 Å². The van der Waals surface area contributed by atoms with Crippen molar-refractivity contribution >= 4 is 51.4 Å². The number of nitrogens with zero attached hydrogens (tertiary/aromatic N) is 4. The molecule has 1 amide bonds. The number of benzene rings is 2. The molecule has 3 heterocycles. The molecule has 9 heteroatoms. The highest BCUT2D eigenvalue weighted by atomic mass is 35.5. The number of hydrogen-bond donors (Lipinski definition) is 1. The van der Waals surface area contributed by atoms with E-state index >= 15 is 0 Å². The molecule has 0 saturated carbocycles. The maximum absolute atomic E-state index is 12.8. The van der Waals surface area contributed by atoms with Gasteiger partial charge in [-0.15, -0.1) is 0 Å². The van der Waals surface area contributed by atoms with Crippen molar-refractivity contribution in [2.75, 3.05) is 6.61 Å². The lowest BCUT2D eigenvalue weighted by Crippen LogP contribution is -2.35. The molecule has 2 aliphatic heterocycles. The maximum atomic E-state index is 12.8. The van der Waals surface area contributed by atoms with Crippen LogP contribution in [0.3, 0.4) is 0 Å². The Labute approximate surface area is 205 Å². The van der Waals surface area contributed by atoms with Crippen molar-refractivity contribution in [3.63, 3.8) is 0 Å². The number of hydrazone groups is 1. The van der Waals surface area contributed by atoms with Gasteiger partial charge in [-0.2, -0.15) is 15.1 Å². The number of ether oxygens (including phenoxy) is 1. The van der Waals surface area contributed by atoms with Gasteiger partial charge in [-0.3, -0.25) is 10.2 Å². The van der Waals surface area contributed by atoms with Crippen LogP contribution < -0.4 is 4.74 Å². The summed E-state index contributed by atoms with van der Waals surface area (Å²) in [6, 6.07) is 19.0. The molecular weight excluding hydrogens is 470 g/mol. The van der Waals surface area contributed by atoms with Gasteiger partial charge in [0.05, 0.1) is 17.1 Å². The molecule has 5 rings (SSSR count). The average Bonchev–Trinajstić information content (AvgIpc) is 3.45. The molecule has 0 spiro atoms. The number of aliphatic imine (C=N–C) groups is 1. The number of fused-ring (bicyclic) bond motifs is 1. The molecule has 0 atom stereocenters. The first-order valence-electron chi connectivity index (χ1n) is 10.6. The Morgan fingerprint density at radius 2 is 2.00 bits per heavy atom. The number of aryl methyl sites for hydroxylation is 1. The van der Waals surface area contributed by atoms with E-state index in [1.807, 2.05) is 72.3 Å². The predicted octanol–water partition coefficient (Wildman–Crippen LogP) is 5.20. The van der Waals surface area contributed by atoms with Crippen LogP contribution in [0.25, 0.3) is 6.08 Å². The van der Waals surface area contributed by atoms with Gasteiger partial charge in [0.15, 0.2) is 5.84 Å². The molecule has 2 aromatic carbocycles. The topological polar surface area (TPSA) is 83.0 Å². The number of carbonyl (C=O) groups excluding carboxylic acids is 1. The average molecular weight is 490 g/mol. The molecule has 0 aliphatic carbocycles. The molecule has 0 unspecified atom stereocenters. The Morgan fingerprint density at radius 3 is 2.82 bits per heavy atom. The van der Waals surface area contributed by atoms with E-state index in [1.54, 1.807) is 12.1 Å². The largest absolute Gasteiger partial charge is 0.490 e. The Hall–Kier alpha value is -3.62. The normalized spacial score (nSPS) is 16.5. The van der Waals surface area contributed by atoms with Crippen LogP contribution in [0.15, 0.2) is 82.5 Å². The molecule has 0 fully saturated rings. The Bertz CT molecular complexity index is 1390. The molecule has 0 saturated heterocycles. The second-order valence-corrected chi connectivity index (χ2v) is 9.06. The summed E-state index contributed by atoms with van der Waals surface area (Å²) >= 11 is 7.44. The Kier molecular flexibility index (Phi) is 6.08. The molecule has 0 bridgehead atoms. The fourth-order valence-corrected chi connectivity index (χ4v) is 4.69. The van der Waals surface area contributed by atoms with Gasteiger partial charge in [0.25, 0.3) is 5.91 Å². The van der Waals surface area contributed by atoms with E-state index in [1.165, 1.54) is 16.8 Å². The van der Waals surface area contributed by atoms with Gasteiger partial charge in [-0.25, -0.2) is 0 Å². The summed E-state index contributed by atoms with van der Waals surface area (Å²) in [5.41, 5.74) is 2.99. The van der Waals surface area contributed by atoms with Crippen molar-refractivity contribution in [2.45, 2.75) is 13.5 Å². The number of carbonyl (C=O) groups is 1. The second kappa shape index (κ2) is 9.32. The first-order valence-corrected chi connectivity index (χ1v) is 11.8. The van der Waals surface area contributed by atoms with Crippen LogP contribution in [-0.4, -0.2) is 38.1 Å². The third kappa shape index (κ3) is 4.42. The smallest absolute Gasteiger partial charge is 0.283 e. The standard InChI is InChI=1S/C25H20ClN5O2S/c1-16-6-4-7-17(14-16)24-29-31-22(27)19(23(32)28-25(31)34-24)15-18-8-5-11-30(18)12-13-33-21-10-3-2-9-20(21)26/h2-11,14-15,27H,12-13H2,1H3/b19-15-,27-22?. The van der Waals surface area contributed by atoms with Crippen LogP contribution in [0.5, 0.6) is 5.75 Å². The lowest BCUT2D eigenvalue weighted by molar-refractivity contribution is -0.114. The second-order valence-electron chi connectivity index (χ2n) is 7.70. The molecule has 0 radical (unpaired) electrons. The SMILES string of the molecule is Cc1cccc(C2=NN3C(=N)/C(=C/c4cccn4CCOc4ccccc4Cl)C(=O)N=C3S2)c1. The van der Waals surface area contributed by atoms with Crippen molar-refractivity contribution < 1.29 is 9.53 Å².